The first kappa shape index (κ1) is 9.30. The Morgan fingerprint density at radius 2 is 2.17 bits per heavy atom. The van der Waals surface area contributed by atoms with Gasteiger partial charge in [0.2, 0.25) is 8.03 Å². The highest BCUT2D eigenvalue weighted by atomic mass is 31.1. The molecule has 0 saturated heterocycles. The van der Waals surface area contributed by atoms with Crippen molar-refractivity contribution < 1.29 is 14.2 Å². The summed E-state index contributed by atoms with van der Waals surface area (Å²) in [5, 5.41) is 0.393. The molecule has 1 aromatic carbocycles. The lowest BCUT2D eigenvalue weighted by atomic mass is 10.3. The number of rotatable bonds is 3. The van der Waals surface area contributed by atoms with E-state index in [4.69, 9.17) is 9.63 Å². The van der Waals surface area contributed by atoms with Crippen LogP contribution in [0.4, 0.5) is 0 Å². The maximum Gasteiger partial charge on any atom is 0.221 e. The monoisotopic (exact) mass is 186 g/mol. The molecule has 1 unspecified atom stereocenters. The van der Waals surface area contributed by atoms with Crippen LogP contribution in [0.2, 0.25) is 0 Å². The van der Waals surface area contributed by atoms with E-state index in [0.717, 1.165) is 0 Å². The van der Waals surface area contributed by atoms with Crippen LogP contribution < -0.4 is 10.0 Å². The first-order valence-electron chi connectivity index (χ1n) is 3.70. The highest BCUT2D eigenvalue weighted by Crippen LogP contribution is 2.20. The van der Waals surface area contributed by atoms with E-state index in [-0.39, 0.29) is 0 Å². The summed E-state index contributed by atoms with van der Waals surface area (Å²) in [5.41, 5.74) is 0. The minimum atomic E-state index is -2.64. The van der Waals surface area contributed by atoms with Crippen molar-refractivity contribution >= 4 is 13.3 Å². The van der Waals surface area contributed by atoms with E-state index in [0.29, 0.717) is 17.7 Å². The Bertz CT molecular complexity index is 285. The predicted octanol–water partition coefficient (Wildman–Crippen LogP) is 1.18. The molecule has 0 radical (unpaired) electrons. The summed E-state index contributed by atoms with van der Waals surface area (Å²) in [7, 11) is -2.64. The van der Waals surface area contributed by atoms with Crippen LogP contribution >= 0.6 is 8.03 Å². The lowest BCUT2D eigenvalue weighted by Crippen LogP contribution is -2.04. The van der Waals surface area contributed by atoms with Gasteiger partial charge in [0, 0.05) is 0 Å². The van der Waals surface area contributed by atoms with Crippen LogP contribution in [0.3, 0.4) is 0 Å². The second kappa shape index (κ2) is 4.29. The summed E-state index contributed by atoms with van der Waals surface area (Å²) in [6.07, 6.45) is 0. The third kappa shape index (κ3) is 2.10. The lowest BCUT2D eigenvalue weighted by molar-refractivity contribution is 0.342. The van der Waals surface area contributed by atoms with Crippen LogP contribution in [0, 0.1) is 0 Å². The van der Waals surface area contributed by atoms with Crippen LogP contribution in [0.1, 0.15) is 6.92 Å². The Kier molecular flexibility index (Phi) is 3.32. The van der Waals surface area contributed by atoms with E-state index in [9.17, 15) is 4.57 Å². The van der Waals surface area contributed by atoms with E-state index >= 15 is 0 Å². The largest absolute Gasteiger partial charge is 0.493 e. The topological polar surface area (TPSA) is 46.5 Å². The van der Waals surface area contributed by atoms with Gasteiger partial charge in [-0.15, -0.1) is 0 Å². The zero-order chi connectivity index (χ0) is 8.97. The second-order valence-electron chi connectivity index (χ2n) is 2.23. The van der Waals surface area contributed by atoms with E-state index in [2.05, 4.69) is 0 Å². The number of hydrogen-bond donors (Lipinski definition) is 1. The van der Waals surface area contributed by atoms with E-state index in [1.54, 1.807) is 24.3 Å². The van der Waals surface area contributed by atoms with Crippen molar-refractivity contribution in [3.63, 3.8) is 0 Å². The Labute approximate surface area is 71.9 Å². The molecule has 1 aromatic rings. The molecule has 0 aliphatic carbocycles. The second-order valence-corrected chi connectivity index (χ2v) is 3.38. The average Bonchev–Trinajstić information content (AvgIpc) is 2.05. The third-order valence-electron chi connectivity index (χ3n) is 1.42. The third-order valence-corrected chi connectivity index (χ3v) is 2.29. The Balaban J connectivity index is 3.00. The standard InChI is InChI=1S/C8H11O3P/c1-2-11-7-5-3-4-6-8(7)12(9)10/h3-6,12H,2H2,1H3,(H,9,10). The molecule has 0 heterocycles. The molecule has 66 valence electrons. The molecule has 0 spiro atoms. The minimum Gasteiger partial charge on any atom is -0.493 e. The molecule has 0 aromatic heterocycles. The first-order chi connectivity index (χ1) is 5.75. The highest BCUT2D eigenvalue weighted by molar-refractivity contribution is 7.47. The highest BCUT2D eigenvalue weighted by Gasteiger charge is 2.05. The molecule has 0 amide bonds. The van der Waals surface area contributed by atoms with Gasteiger partial charge in [0.15, 0.2) is 0 Å². The van der Waals surface area contributed by atoms with E-state index in [1.165, 1.54) is 0 Å². The predicted molar refractivity (Wildman–Crippen MR) is 48.5 cm³/mol. The molecule has 0 bridgehead atoms. The molecule has 3 nitrogen and oxygen atoms in total. The van der Waals surface area contributed by atoms with Gasteiger partial charge in [-0.2, -0.15) is 0 Å². The maximum absolute atomic E-state index is 10.8. The molecular formula is C8H11O3P. The van der Waals surface area contributed by atoms with E-state index < -0.39 is 8.03 Å². The van der Waals surface area contributed by atoms with Crippen molar-refractivity contribution in [2.24, 2.45) is 0 Å². The van der Waals surface area contributed by atoms with Crippen molar-refractivity contribution in [3.05, 3.63) is 24.3 Å². The van der Waals surface area contributed by atoms with Crippen LogP contribution in [-0.2, 0) is 4.57 Å². The first-order valence-corrected chi connectivity index (χ1v) is 5.06. The fraction of sp³-hybridized carbons (Fsp3) is 0.250. The summed E-state index contributed by atoms with van der Waals surface area (Å²) in [5.74, 6) is 0.506. The smallest absolute Gasteiger partial charge is 0.221 e. The summed E-state index contributed by atoms with van der Waals surface area (Å²) in [6.45, 7) is 2.34. The number of hydrogen-bond acceptors (Lipinski definition) is 2. The van der Waals surface area contributed by atoms with Crippen LogP contribution in [0.15, 0.2) is 24.3 Å². The van der Waals surface area contributed by atoms with Gasteiger partial charge in [-0.1, -0.05) is 12.1 Å². The molecule has 1 N–H and O–H groups in total. The maximum atomic E-state index is 10.8. The fourth-order valence-corrected chi connectivity index (χ4v) is 1.53. The molecule has 1 atom stereocenters. The van der Waals surface area contributed by atoms with Crippen molar-refractivity contribution in [3.8, 4) is 5.75 Å². The van der Waals surface area contributed by atoms with Gasteiger partial charge in [-0.05, 0) is 19.1 Å². The SMILES string of the molecule is CCOc1ccccc1[PH](=O)O. The molecule has 12 heavy (non-hydrogen) atoms. The van der Waals surface area contributed by atoms with Crippen molar-refractivity contribution in [1.82, 2.24) is 0 Å². The summed E-state index contributed by atoms with van der Waals surface area (Å²) < 4.78 is 16.0. The quantitative estimate of drug-likeness (QED) is 0.721. The molecule has 0 saturated carbocycles. The van der Waals surface area contributed by atoms with Crippen molar-refractivity contribution in [1.29, 1.82) is 0 Å². The summed E-state index contributed by atoms with van der Waals surface area (Å²) in [4.78, 5) is 8.90. The molecule has 4 heteroatoms. The average molecular weight is 186 g/mol. The van der Waals surface area contributed by atoms with Crippen molar-refractivity contribution in [2.75, 3.05) is 6.61 Å². The van der Waals surface area contributed by atoms with Gasteiger partial charge in [-0.25, -0.2) is 0 Å². The fourth-order valence-electron chi connectivity index (χ4n) is 0.925. The zero-order valence-corrected chi connectivity index (χ0v) is 7.78. The molecule has 0 aliphatic rings. The number of ether oxygens (including phenoxy) is 1. The van der Waals surface area contributed by atoms with Crippen LogP contribution in [0.5, 0.6) is 5.75 Å². The molecule has 0 fully saturated rings. The van der Waals surface area contributed by atoms with Crippen molar-refractivity contribution in [2.45, 2.75) is 6.92 Å². The van der Waals surface area contributed by atoms with Gasteiger partial charge in [-0.3, -0.25) is 4.57 Å². The van der Waals surface area contributed by atoms with Crippen LogP contribution in [0.25, 0.3) is 0 Å². The minimum absolute atomic E-state index is 0.393. The van der Waals surface area contributed by atoms with E-state index in [1.807, 2.05) is 6.92 Å². The summed E-state index contributed by atoms with van der Waals surface area (Å²) >= 11 is 0. The number of para-hydroxylation sites is 1. The molecule has 1 rings (SSSR count). The lowest BCUT2D eigenvalue weighted by Gasteiger charge is -2.06. The Morgan fingerprint density at radius 3 is 2.75 bits per heavy atom. The van der Waals surface area contributed by atoms with Gasteiger partial charge < -0.3 is 9.63 Å². The molecular weight excluding hydrogens is 175 g/mol. The normalized spacial score (nSPS) is 12.5. The number of benzene rings is 1. The zero-order valence-electron chi connectivity index (χ0n) is 6.78. The van der Waals surface area contributed by atoms with Crippen LogP contribution in [-0.4, -0.2) is 11.5 Å². The van der Waals surface area contributed by atoms with Gasteiger partial charge in [0.1, 0.15) is 5.75 Å². The molecule has 0 aliphatic heterocycles. The Hall–Kier alpha value is -0.790. The Morgan fingerprint density at radius 1 is 1.50 bits per heavy atom. The van der Waals surface area contributed by atoms with Gasteiger partial charge in [0.05, 0.1) is 11.9 Å². The van der Waals surface area contributed by atoms with Gasteiger partial charge >= 0.3 is 0 Å². The summed E-state index contributed by atoms with van der Waals surface area (Å²) in [6, 6.07) is 6.79. The van der Waals surface area contributed by atoms with Gasteiger partial charge in [0.25, 0.3) is 0 Å².